The molecule has 2 aromatic heterocycles. The first-order valence-corrected chi connectivity index (χ1v) is 9.31. The number of ether oxygens (including phenoxy) is 1. The Hall–Kier alpha value is -4.14. The number of rotatable bonds is 5. The third-order valence-corrected chi connectivity index (χ3v) is 4.50. The van der Waals surface area contributed by atoms with Crippen molar-refractivity contribution in [1.29, 1.82) is 0 Å². The normalized spacial score (nSPS) is 12.4. The van der Waals surface area contributed by atoms with Crippen LogP contribution in [0.4, 0.5) is 33.2 Å². The molecule has 1 aliphatic heterocycles. The number of fused-ring (bicyclic) bond motifs is 1. The maximum Gasteiger partial charge on any atom is 0.229 e. The molecule has 5 rings (SSSR count). The summed E-state index contributed by atoms with van der Waals surface area (Å²) in [7, 11) is 0. The van der Waals surface area contributed by atoms with E-state index >= 15 is 0 Å². The minimum Gasteiger partial charge on any atom is -0.490 e. The summed E-state index contributed by atoms with van der Waals surface area (Å²) < 4.78 is 25.2. The molecule has 0 amide bonds. The lowest BCUT2D eigenvalue weighted by atomic mass is 10.1. The molecule has 4 aromatic rings. The van der Waals surface area contributed by atoms with E-state index in [0.29, 0.717) is 18.1 Å². The third kappa shape index (κ3) is 3.72. The summed E-state index contributed by atoms with van der Waals surface area (Å²) in [6.07, 6.45) is 4.13. The van der Waals surface area contributed by atoms with Gasteiger partial charge in [-0.3, -0.25) is 0 Å². The van der Waals surface area contributed by atoms with E-state index in [0.717, 1.165) is 35.4 Å². The zero-order valence-corrected chi connectivity index (χ0v) is 15.7. The van der Waals surface area contributed by atoms with Gasteiger partial charge in [-0.15, -0.1) is 0 Å². The van der Waals surface area contributed by atoms with E-state index in [9.17, 15) is 4.39 Å². The third-order valence-electron chi connectivity index (χ3n) is 4.50. The fourth-order valence-corrected chi connectivity index (χ4v) is 3.11. The highest BCUT2D eigenvalue weighted by molar-refractivity contribution is 5.70. The second-order valence-electron chi connectivity index (χ2n) is 6.57. The molecule has 0 spiro atoms. The smallest absolute Gasteiger partial charge is 0.229 e. The molecule has 1 aliphatic rings. The van der Waals surface area contributed by atoms with Gasteiger partial charge in [0.05, 0.1) is 18.1 Å². The lowest BCUT2D eigenvalue weighted by Crippen LogP contribution is -2.17. The predicted octanol–water partition coefficient (Wildman–Crippen LogP) is 4.56. The maximum absolute atomic E-state index is 14.3. The topological polar surface area (TPSA) is 97.1 Å². The number of benzene rings is 2. The number of anilines is 5. The van der Waals surface area contributed by atoms with Crippen LogP contribution in [0.2, 0.25) is 0 Å². The van der Waals surface area contributed by atoms with Crippen molar-refractivity contribution in [3.8, 4) is 17.1 Å². The molecule has 0 radical (unpaired) electrons. The number of nitrogens with zero attached hydrogens (tertiary/aromatic N) is 3. The molecule has 0 bridgehead atoms. The van der Waals surface area contributed by atoms with Gasteiger partial charge in [-0.05, 0) is 30.3 Å². The summed E-state index contributed by atoms with van der Waals surface area (Å²) in [4.78, 5) is 12.2. The summed E-state index contributed by atoms with van der Waals surface area (Å²) in [5.41, 5.74) is 3.12. The van der Waals surface area contributed by atoms with Crippen LogP contribution in [0, 0.1) is 5.82 Å². The Labute approximate surface area is 171 Å². The van der Waals surface area contributed by atoms with Gasteiger partial charge >= 0.3 is 0 Å². The first kappa shape index (κ1) is 17.9. The van der Waals surface area contributed by atoms with Crippen LogP contribution in [-0.4, -0.2) is 28.1 Å². The summed E-state index contributed by atoms with van der Waals surface area (Å²) >= 11 is 0. The van der Waals surface area contributed by atoms with Crippen LogP contribution in [0.5, 0.6) is 5.75 Å². The van der Waals surface area contributed by atoms with Crippen LogP contribution >= 0.6 is 0 Å². The number of oxazole rings is 1. The summed E-state index contributed by atoms with van der Waals surface area (Å²) in [5.74, 6) is 1.18. The Bertz CT molecular complexity index is 1180. The van der Waals surface area contributed by atoms with E-state index in [1.54, 1.807) is 12.3 Å². The van der Waals surface area contributed by atoms with Gasteiger partial charge < -0.3 is 25.1 Å². The van der Waals surface area contributed by atoms with Crippen molar-refractivity contribution in [2.45, 2.75) is 0 Å². The average molecular weight is 404 g/mol. The van der Waals surface area contributed by atoms with Crippen molar-refractivity contribution in [3.05, 3.63) is 67.1 Å². The molecule has 2 aromatic carbocycles. The highest BCUT2D eigenvalue weighted by atomic mass is 19.1. The molecule has 0 saturated heterocycles. The van der Waals surface area contributed by atoms with Gasteiger partial charge in [-0.1, -0.05) is 12.1 Å². The monoisotopic (exact) mass is 404 g/mol. The Kier molecular flexibility index (Phi) is 4.60. The van der Waals surface area contributed by atoms with Crippen LogP contribution in [0.15, 0.2) is 65.7 Å². The molecule has 3 N–H and O–H groups in total. The number of hydrogen-bond acceptors (Lipinski definition) is 8. The highest BCUT2D eigenvalue weighted by Crippen LogP contribution is 2.31. The molecule has 150 valence electrons. The van der Waals surface area contributed by atoms with E-state index in [1.165, 1.54) is 6.39 Å². The van der Waals surface area contributed by atoms with Crippen molar-refractivity contribution in [2.75, 3.05) is 29.1 Å². The molecule has 8 nitrogen and oxygen atoms in total. The number of nitrogens with one attached hydrogen (secondary N) is 3. The molecule has 0 saturated carbocycles. The lowest BCUT2D eigenvalue weighted by Gasteiger charge is -2.20. The number of hydrogen-bond donors (Lipinski definition) is 3. The first-order valence-electron chi connectivity index (χ1n) is 9.31. The molecule has 0 atom stereocenters. The Morgan fingerprint density at radius 3 is 2.87 bits per heavy atom. The van der Waals surface area contributed by atoms with Crippen LogP contribution in [0.1, 0.15) is 0 Å². The van der Waals surface area contributed by atoms with E-state index in [2.05, 4.69) is 30.9 Å². The minimum absolute atomic E-state index is 0.0653. The van der Waals surface area contributed by atoms with Gasteiger partial charge in [0.2, 0.25) is 5.95 Å². The zero-order valence-electron chi connectivity index (χ0n) is 15.7. The van der Waals surface area contributed by atoms with Crippen molar-refractivity contribution >= 4 is 28.8 Å². The minimum atomic E-state index is -0.558. The second kappa shape index (κ2) is 7.70. The molecule has 0 unspecified atom stereocenters. The molecule has 0 fully saturated rings. The quantitative estimate of drug-likeness (QED) is 0.445. The van der Waals surface area contributed by atoms with Crippen molar-refractivity contribution in [3.63, 3.8) is 0 Å². The Morgan fingerprint density at radius 2 is 1.97 bits per heavy atom. The Morgan fingerprint density at radius 1 is 1.03 bits per heavy atom. The van der Waals surface area contributed by atoms with Crippen LogP contribution in [-0.2, 0) is 0 Å². The van der Waals surface area contributed by atoms with Crippen molar-refractivity contribution in [2.24, 2.45) is 0 Å². The fraction of sp³-hybridized carbons (Fsp3) is 0.0952. The summed E-state index contributed by atoms with van der Waals surface area (Å²) in [5, 5.41) is 9.33. The van der Waals surface area contributed by atoms with Crippen molar-refractivity contribution < 1.29 is 13.5 Å². The second-order valence-corrected chi connectivity index (χ2v) is 6.57. The first-order chi connectivity index (χ1) is 14.7. The fourth-order valence-electron chi connectivity index (χ4n) is 3.11. The maximum atomic E-state index is 14.3. The standard InChI is InChI=1S/C21H17FN6O2/c22-16-10-25-21(27-14-3-1-2-13(8-14)19-11-23-12-30-19)28-20(16)26-15-4-5-18-17(9-15)24-6-7-29-18/h1-5,8-12,24H,6-7H2,(H2,25,26,27,28). The van der Waals surface area contributed by atoms with Crippen molar-refractivity contribution in [1.82, 2.24) is 15.0 Å². The average Bonchev–Trinajstić information content (AvgIpc) is 3.31. The van der Waals surface area contributed by atoms with E-state index in [4.69, 9.17) is 9.15 Å². The highest BCUT2D eigenvalue weighted by Gasteiger charge is 2.13. The van der Waals surface area contributed by atoms with E-state index < -0.39 is 5.82 Å². The van der Waals surface area contributed by atoms with Gasteiger partial charge in [0, 0.05) is 23.5 Å². The SMILES string of the molecule is Fc1cnc(Nc2cccc(-c3cnco3)c2)nc1Nc1ccc2c(c1)NCCO2. The van der Waals surface area contributed by atoms with Crippen LogP contribution in [0.3, 0.4) is 0 Å². The zero-order chi connectivity index (χ0) is 20.3. The van der Waals surface area contributed by atoms with Gasteiger partial charge in [0.25, 0.3) is 0 Å². The number of halogens is 1. The lowest BCUT2D eigenvalue weighted by molar-refractivity contribution is 0.323. The van der Waals surface area contributed by atoms with E-state index in [-0.39, 0.29) is 11.8 Å². The Balaban J connectivity index is 1.37. The summed E-state index contributed by atoms with van der Waals surface area (Å²) in [6.45, 7) is 1.34. The summed E-state index contributed by atoms with van der Waals surface area (Å²) in [6, 6.07) is 13.0. The predicted molar refractivity (Wildman–Crippen MR) is 111 cm³/mol. The van der Waals surface area contributed by atoms with Gasteiger partial charge in [0.15, 0.2) is 23.8 Å². The van der Waals surface area contributed by atoms with Gasteiger partial charge in [0.1, 0.15) is 12.4 Å². The molecule has 3 heterocycles. The largest absolute Gasteiger partial charge is 0.490 e. The molecule has 0 aliphatic carbocycles. The van der Waals surface area contributed by atoms with Crippen LogP contribution in [0.25, 0.3) is 11.3 Å². The molecule has 30 heavy (non-hydrogen) atoms. The number of aromatic nitrogens is 3. The molecular weight excluding hydrogens is 387 g/mol. The van der Waals surface area contributed by atoms with E-state index in [1.807, 2.05) is 36.4 Å². The van der Waals surface area contributed by atoms with Gasteiger partial charge in [-0.25, -0.2) is 14.4 Å². The molecule has 9 heteroatoms. The molecular formula is C21H17FN6O2. The van der Waals surface area contributed by atoms with Gasteiger partial charge in [-0.2, -0.15) is 4.98 Å². The van der Waals surface area contributed by atoms with Crippen LogP contribution < -0.4 is 20.7 Å².